The molecule has 0 bridgehead atoms. The summed E-state index contributed by atoms with van der Waals surface area (Å²) < 4.78 is 38.7. The van der Waals surface area contributed by atoms with Gasteiger partial charge in [-0.15, -0.1) is 0 Å². The summed E-state index contributed by atoms with van der Waals surface area (Å²) in [4.78, 5) is 25.5. The molecule has 2 aromatic heterocycles. The number of amides is 2. The van der Waals surface area contributed by atoms with E-state index in [1.54, 1.807) is 12.3 Å². The van der Waals surface area contributed by atoms with Crippen LogP contribution in [0.5, 0.6) is 0 Å². The molecular weight excluding hydrogens is 479 g/mol. The van der Waals surface area contributed by atoms with E-state index in [0.717, 1.165) is 19.1 Å². The first-order valence-electron chi connectivity index (χ1n) is 10.7. The molecule has 0 aliphatic heterocycles. The Labute approximate surface area is 201 Å². The maximum atomic E-state index is 14.1. The van der Waals surface area contributed by atoms with Gasteiger partial charge in [0.25, 0.3) is 0 Å². The fourth-order valence-corrected chi connectivity index (χ4v) is 4.61. The molecule has 34 heavy (non-hydrogen) atoms. The van der Waals surface area contributed by atoms with E-state index in [9.17, 15) is 17.6 Å². The number of rotatable bonds is 8. The summed E-state index contributed by atoms with van der Waals surface area (Å²) in [5.74, 6) is -0.479. The van der Waals surface area contributed by atoms with Gasteiger partial charge in [0.2, 0.25) is 15.0 Å². The molecule has 0 atom stereocenters. The van der Waals surface area contributed by atoms with Crippen molar-refractivity contribution in [3.05, 3.63) is 41.8 Å². The maximum absolute atomic E-state index is 14.1. The van der Waals surface area contributed by atoms with Crippen LogP contribution in [0.4, 0.5) is 14.3 Å². The smallest absolute Gasteiger partial charge is 0.315 e. The van der Waals surface area contributed by atoms with Crippen molar-refractivity contribution in [1.29, 1.82) is 0 Å². The fraction of sp³-hybridized carbons (Fsp3) is 0.364. The molecule has 1 aliphatic rings. The van der Waals surface area contributed by atoms with Crippen LogP contribution in [0.1, 0.15) is 32.3 Å². The summed E-state index contributed by atoms with van der Waals surface area (Å²) in [5, 5.41) is 9.08. The molecule has 3 aromatic rings. The number of urea groups is 1. The van der Waals surface area contributed by atoms with Crippen molar-refractivity contribution in [2.75, 3.05) is 11.6 Å². The lowest BCUT2D eigenvalue weighted by Crippen LogP contribution is -2.36. The van der Waals surface area contributed by atoms with Crippen LogP contribution in [-0.2, 0) is 16.4 Å². The molecule has 0 spiro atoms. The fourth-order valence-electron chi connectivity index (χ4n) is 3.16. The van der Waals surface area contributed by atoms with Gasteiger partial charge in [-0.3, -0.25) is 0 Å². The number of carbonyl (C=O) groups is 1. The summed E-state index contributed by atoms with van der Waals surface area (Å²) in [6.07, 6.45) is 4.54. The number of nitrogens with zero attached hydrogens (tertiary/aromatic N) is 3. The van der Waals surface area contributed by atoms with Crippen molar-refractivity contribution in [1.82, 2.24) is 25.6 Å². The average molecular weight is 505 g/mol. The number of halogens is 1. The normalized spacial score (nSPS) is 13.7. The van der Waals surface area contributed by atoms with Gasteiger partial charge in [-0.25, -0.2) is 32.6 Å². The van der Waals surface area contributed by atoms with E-state index in [1.165, 1.54) is 29.5 Å². The molecule has 12 heteroatoms. The summed E-state index contributed by atoms with van der Waals surface area (Å²) in [5.41, 5.74) is 1.64. The molecule has 0 radical (unpaired) electrons. The number of thiazole rings is 1. The maximum Gasteiger partial charge on any atom is 0.315 e. The zero-order valence-corrected chi connectivity index (χ0v) is 20.6. The highest BCUT2D eigenvalue weighted by atomic mass is 32.2. The molecule has 1 aromatic carbocycles. The molecule has 0 unspecified atom stereocenters. The van der Waals surface area contributed by atoms with Crippen LogP contribution in [0.15, 0.2) is 35.6 Å². The Bertz CT molecular complexity index is 1320. The van der Waals surface area contributed by atoms with Gasteiger partial charge in [-0.05, 0) is 56.5 Å². The van der Waals surface area contributed by atoms with Crippen LogP contribution < -0.4 is 16.0 Å². The number of aromatic nitrogens is 3. The second-order valence-corrected chi connectivity index (χ2v) is 11.4. The predicted molar refractivity (Wildman–Crippen MR) is 129 cm³/mol. The Morgan fingerprint density at radius 2 is 1.94 bits per heavy atom. The van der Waals surface area contributed by atoms with E-state index in [0.29, 0.717) is 32.5 Å². The third-order valence-electron chi connectivity index (χ3n) is 4.90. The molecule has 0 saturated heterocycles. The van der Waals surface area contributed by atoms with Gasteiger partial charge >= 0.3 is 6.03 Å². The standard InChI is InChI=1S/C22H25FN6O3S2/c1-12(2)26-21-25-11-19(33-21)18-9-17(28-22(29-18)34(3,31)32)16-7-4-14(23)8-13(16)10-24-20(30)27-15-5-6-15/h4,7-9,11-12,15H,5-6,10H2,1-3H3,(H,25,26)(H2,24,27,30). The van der Waals surface area contributed by atoms with Gasteiger partial charge < -0.3 is 16.0 Å². The van der Waals surface area contributed by atoms with Crippen LogP contribution in [0, 0.1) is 5.82 Å². The minimum atomic E-state index is -3.74. The summed E-state index contributed by atoms with van der Waals surface area (Å²) in [6.45, 7) is 4.02. The molecular formula is C22H25FN6O3S2. The first-order valence-corrected chi connectivity index (χ1v) is 13.4. The highest BCUT2D eigenvalue weighted by Crippen LogP contribution is 2.32. The average Bonchev–Trinajstić information content (AvgIpc) is 3.45. The lowest BCUT2D eigenvalue weighted by atomic mass is 10.0. The number of nitrogens with one attached hydrogen (secondary N) is 3. The van der Waals surface area contributed by atoms with E-state index >= 15 is 0 Å². The summed E-state index contributed by atoms with van der Waals surface area (Å²) >= 11 is 1.34. The van der Waals surface area contributed by atoms with Crippen LogP contribution in [0.25, 0.3) is 21.8 Å². The van der Waals surface area contributed by atoms with E-state index < -0.39 is 15.7 Å². The van der Waals surface area contributed by atoms with Gasteiger partial charge in [-0.2, -0.15) is 0 Å². The molecule has 3 N–H and O–H groups in total. The second-order valence-electron chi connectivity index (χ2n) is 8.42. The molecule has 2 amide bonds. The third kappa shape index (κ3) is 6.06. The van der Waals surface area contributed by atoms with E-state index in [2.05, 4.69) is 30.9 Å². The van der Waals surface area contributed by atoms with Crippen molar-refractivity contribution >= 4 is 32.3 Å². The number of anilines is 1. The van der Waals surface area contributed by atoms with Gasteiger partial charge in [0.15, 0.2) is 5.13 Å². The molecule has 2 heterocycles. The zero-order valence-electron chi connectivity index (χ0n) is 18.9. The largest absolute Gasteiger partial charge is 0.359 e. The van der Waals surface area contributed by atoms with Crippen molar-refractivity contribution in [2.45, 2.75) is 50.5 Å². The van der Waals surface area contributed by atoms with Gasteiger partial charge in [0.1, 0.15) is 5.82 Å². The number of hydrogen-bond acceptors (Lipinski definition) is 8. The molecule has 1 aliphatic carbocycles. The van der Waals surface area contributed by atoms with Gasteiger partial charge in [-0.1, -0.05) is 11.3 Å². The molecule has 4 rings (SSSR count). The van der Waals surface area contributed by atoms with Gasteiger partial charge in [0, 0.05) is 36.6 Å². The number of sulfone groups is 1. The number of benzene rings is 1. The first-order chi connectivity index (χ1) is 16.1. The monoisotopic (exact) mass is 504 g/mol. The minimum Gasteiger partial charge on any atom is -0.359 e. The molecule has 1 fully saturated rings. The Morgan fingerprint density at radius 3 is 2.62 bits per heavy atom. The summed E-state index contributed by atoms with van der Waals surface area (Å²) in [7, 11) is -3.74. The van der Waals surface area contributed by atoms with Crippen LogP contribution in [-0.4, -0.2) is 47.7 Å². The molecule has 180 valence electrons. The summed E-state index contributed by atoms with van der Waals surface area (Å²) in [6, 6.07) is 5.74. The van der Waals surface area contributed by atoms with Crippen molar-refractivity contribution < 1.29 is 17.6 Å². The highest BCUT2D eigenvalue weighted by molar-refractivity contribution is 7.90. The first kappa shape index (κ1) is 24.0. The predicted octanol–water partition coefficient (Wildman–Crippen LogP) is 3.59. The lowest BCUT2D eigenvalue weighted by molar-refractivity contribution is 0.240. The topological polar surface area (TPSA) is 126 Å². The zero-order chi connectivity index (χ0) is 24.5. The van der Waals surface area contributed by atoms with Crippen LogP contribution in [0.3, 0.4) is 0 Å². The Kier molecular flexibility index (Phi) is 6.80. The van der Waals surface area contributed by atoms with E-state index in [1.807, 2.05) is 13.8 Å². The number of hydrogen-bond donors (Lipinski definition) is 3. The SMILES string of the molecule is CC(C)Nc1ncc(-c2cc(-c3ccc(F)cc3CNC(=O)NC3CC3)nc(S(C)(=O)=O)n2)s1. The van der Waals surface area contributed by atoms with Crippen molar-refractivity contribution in [3.63, 3.8) is 0 Å². The van der Waals surface area contributed by atoms with Crippen molar-refractivity contribution in [2.24, 2.45) is 0 Å². The van der Waals surface area contributed by atoms with Gasteiger partial charge in [0.05, 0.1) is 16.3 Å². The molecule has 1 saturated carbocycles. The molecule has 9 nitrogen and oxygen atoms in total. The Morgan fingerprint density at radius 1 is 1.21 bits per heavy atom. The minimum absolute atomic E-state index is 0.0439. The van der Waals surface area contributed by atoms with Crippen LogP contribution >= 0.6 is 11.3 Å². The lowest BCUT2D eigenvalue weighted by Gasteiger charge is -2.13. The third-order valence-corrected chi connectivity index (χ3v) is 6.70. The quantitative estimate of drug-likeness (QED) is 0.400. The van der Waals surface area contributed by atoms with E-state index in [-0.39, 0.29) is 29.8 Å². The highest BCUT2D eigenvalue weighted by Gasteiger charge is 2.23. The second kappa shape index (κ2) is 9.63. The Hall–Kier alpha value is -3.12. The van der Waals surface area contributed by atoms with Crippen molar-refractivity contribution in [3.8, 4) is 21.8 Å². The van der Waals surface area contributed by atoms with E-state index in [4.69, 9.17) is 0 Å². The van der Waals surface area contributed by atoms with Crippen LogP contribution in [0.2, 0.25) is 0 Å². The number of carbonyl (C=O) groups excluding carboxylic acids is 1. The Balaban J connectivity index is 1.72.